The van der Waals surface area contributed by atoms with Gasteiger partial charge in [0.05, 0.1) is 22.4 Å². The van der Waals surface area contributed by atoms with E-state index in [1.165, 1.54) is 69.3 Å². The summed E-state index contributed by atoms with van der Waals surface area (Å²) in [5.74, 6) is -2.44. The van der Waals surface area contributed by atoms with Crippen molar-refractivity contribution < 1.29 is 42.4 Å². The number of hydrogen-bond acceptors (Lipinski definition) is 7. The van der Waals surface area contributed by atoms with Crippen molar-refractivity contribution in [2.45, 2.75) is 32.8 Å². The van der Waals surface area contributed by atoms with Crippen LogP contribution in [0.25, 0.3) is 0 Å². The quantitative estimate of drug-likeness (QED) is 0.172. The molecule has 37 heavy (non-hydrogen) atoms. The standard InChI is InChI=1S/C27H28NO8P/c1-27(2,3)35-26(31)28(24(29)22-15-9-5-10-16-22,25(30)23-17-11-6-12-18-23)36-37(32,33)34-20-19-21-13-7-4-8-14-21/h4-18H,19-20H2,1-3H3/p+1. The average Bonchev–Trinajstić information content (AvgIpc) is 2.87. The minimum Gasteiger partial charge on any atom is -0.411 e. The van der Waals surface area contributed by atoms with E-state index in [-0.39, 0.29) is 24.2 Å². The molecule has 0 aliphatic rings. The van der Waals surface area contributed by atoms with Gasteiger partial charge in [-0.15, -0.1) is 0 Å². The number of amides is 3. The van der Waals surface area contributed by atoms with Crippen molar-refractivity contribution in [1.82, 2.24) is 0 Å². The van der Waals surface area contributed by atoms with Crippen LogP contribution in [0.5, 0.6) is 0 Å². The second kappa shape index (κ2) is 11.7. The van der Waals surface area contributed by atoms with Gasteiger partial charge in [-0.2, -0.15) is 4.79 Å². The number of ether oxygens (including phenoxy) is 1. The lowest BCUT2D eigenvalue weighted by Crippen LogP contribution is -2.61. The number of hydroxylamine groups is 3. The molecule has 0 spiro atoms. The molecular formula is C27H29NO8P+. The number of benzene rings is 3. The van der Waals surface area contributed by atoms with Gasteiger partial charge in [0.25, 0.3) is 0 Å². The van der Waals surface area contributed by atoms with Crippen LogP contribution in [0.4, 0.5) is 4.79 Å². The minimum atomic E-state index is -5.19. The third-order valence-corrected chi connectivity index (χ3v) is 5.94. The summed E-state index contributed by atoms with van der Waals surface area (Å²) in [5.41, 5.74) is -0.606. The number of quaternary nitrogens is 1. The Morgan fingerprint density at radius 3 is 1.65 bits per heavy atom. The molecule has 0 radical (unpaired) electrons. The molecule has 0 bridgehead atoms. The lowest BCUT2D eigenvalue weighted by molar-refractivity contribution is -0.882. The first-order valence-corrected chi connectivity index (χ1v) is 13.0. The number of rotatable bonds is 8. The van der Waals surface area contributed by atoms with E-state index in [0.717, 1.165) is 5.56 Å². The smallest absolute Gasteiger partial charge is 0.411 e. The van der Waals surface area contributed by atoms with Crippen molar-refractivity contribution in [2.24, 2.45) is 0 Å². The van der Waals surface area contributed by atoms with Crippen LogP contribution in [-0.4, -0.2) is 39.7 Å². The monoisotopic (exact) mass is 526 g/mol. The molecule has 0 fully saturated rings. The van der Waals surface area contributed by atoms with Crippen LogP contribution in [0, 0.1) is 0 Å². The highest BCUT2D eigenvalue weighted by atomic mass is 31.2. The summed E-state index contributed by atoms with van der Waals surface area (Å²) in [6, 6.07) is 23.7. The molecule has 3 rings (SSSR count). The minimum absolute atomic E-state index is 0.123. The van der Waals surface area contributed by atoms with Gasteiger partial charge in [-0.05, 0) is 57.0 Å². The van der Waals surface area contributed by atoms with Gasteiger partial charge in [0.2, 0.25) is 0 Å². The van der Waals surface area contributed by atoms with E-state index in [4.69, 9.17) is 13.9 Å². The molecule has 9 nitrogen and oxygen atoms in total. The highest BCUT2D eigenvalue weighted by Gasteiger charge is 2.63. The fourth-order valence-corrected chi connectivity index (χ4v) is 4.21. The molecule has 0 aromatic heterocycles. The van der Waals surface area contributed by atoms with E-state index in [1.54, 1.807) is 36.4 Å². The zero-order valence-electron chi connectivity index (χ0n) is 20.8. The fraction of sp³-hybridized carbons (Fsp3) is 0.222. The first-order chi connectivity index (χ1) is 17.4. The average molecular weight is 527 g/mol. The van der Waals surface area contributed by atoms with Crippen LogP contribution >= 0.6 is 7.82 Å². The van der Waals surface area contributed by atoms with Gasteiger partial charge >= 0.3 is 25.7 Å². The van der Waals surface area contributed by atoms with Gasteiger partial charge in [0, 0.05) is 0 Å². The first-order valence-electron chi connectivity index (χ1n) is 11.5. The number of nitrogens with zero attached hydrogens (tertiary/aromatic N) is 1. The topological polar surface area (TPSA) is 116 Å². The van der Waals surface area contributed by atoms with Crippen molar-refractivity contribution in [3.8, 4) is 0 Å². The van der Waals surface area contributed by atoms with E-state index >= 15 is 0 Å². The second-order valence-corrected chi connectivity index (χ2v) is 10.4. The summed E-state index contributed by atoms with van der Waals surface area (Å²) in [6.07, 6.45) is -1.25. The molecule has 0 aliphatic heterocycles. The molecule has 0 aliphatic carbocycles. The summed E-state index contributed by atoms with van der Waals surface area (Å²) in [4.78, 5) is 51.9. The van der Waals surface area contributed by atoms with Crippen molar-refractivity contribution in [2.75, 3.05) is 6.61 Å². The molecule has 3 aromatic carbocycles. The molecule has 1 unspecified atom stereocenters. The lowest BCUT2D eigenvalue weighted by atomic mass is 10.1. The first kappa shape index (κ1) is 28.1. The molecule has 0 saturated carbocycles. The van der Waals surface area contributed by atoms with Crippen LogP contribution in [-0.2, 0) is 24.9 Å². The number of carbonyl (C=O) groups is 3. The third-order valence-electron chi connectivity index (χ3n) is 4.98. The Balaban J connectivity index is 2.07. The second-order valence-electron chi connectivity index (χ2n) is 9.05. The maximum absolute atomic E-state index is 13.8. The van der Waals surface area contributed by atoms with Crippen LogP contribution in [0.2, 0.25) is 0 Å². The Bertz CT molecular complexity index is 1220. The van der Waals surface area contributed by atoms with Crippen molar-refractivity contribution in [3.63, 3.8) is 0 Å². The van der Waals surface area contributed by atoms with Gasteiger partial charge in [-0.3, -0.25) is 9.42 Å². The normalized spacial score (nSPS) is 13.4. The van der Waals surface area contributed by atoms with Crippen LogP contribution < -0.4 is 0 Å². The van der Waals surface area contributed by atoms with Crippen LogP contribution in [0.3, 0.4) is 0 Å². The van der Waals surface area contributed by atoms with E-state index < -0.39 is 36.0 Å². The summed E-state index contributed by atoms with van der Waals surface area (Å²) < 4.78 is 26.7. The molecule has 3 amide bonds. The molecule has 194 valence electrons. The fourth-order valence-electron chi connectivity index (χ4n) is 3.32. The van der Waals surface area contributed by atoms with Gasteiger partial charge in [0.1, 0.15) is 5.60 Å². The van der Waals surface area contributed by atoms with Gasteiger partial charge < -0.3 is 4.74 Å². The number of imide groups is 3. The number of hydrogen-bond donors (Lipinski definition) is 1. The highest BCUT2D eigenvalue weighted by molar-refractivity contribution is 7.47. The molecule has 1 atom stereocenters. The molecule has 1 N–H and O–H groups in total. The Labute approximate surface area is 215 Å². The zero-order chi connectivity index (χ0) is 27.1. The maximum atomic E-state index is 13.8. The predicted molar refractivity (Wildman–Crippen MR) is 135 cm³/mol. The van der Waals surface area contributed by atoms with E-state index in [2.05, 4.69) is 0 Å². The summed E-state index contributed by atoms with van der Waals surface area (Å²) >= 11 is 0. The van der Waals surface area contributed by atoms with Gasteiger partial charge in [0.15, 0.2) is 0 Å². The molecule has 10 heteroatoms. The maximum Gasteiger partial charge on any atom is 0.567 e. The van der Waals surface area contributed by atoms with E-state index in [9.17, 15) is 23.8 Å². The summed E-state index contributed by atoms with van der Waals surface area (Å²) in [6.45, 7) is 4.28. The molecule has 3 aromatic rings. The Kier molecular flexibility index (Phi) is 8.91. The van der Waals surface area contributed by atoms with E-state index in [0.29, 0.717) is 0 Å². The van der Waals surface area contributed by atoms with Crippen LogP contribution in [0.1, 0.15) is 47.1 Å². The van der Waals surface area contributed by atoms with Crippen molar-refractivity contribution >= 4 is 25.7 Å². The Morgan fingerprint density at radius 1 is 0.784 bits per heavy atom. The highest BCUT2D eigenvalue weighted by Crippen LogP contribution is 2.48. The van der Waals surface area contributed by atoms with Crippen molar-refractivity contribution in [1.29, 1.82) is 0 Å². The van der Waals surface area contributed by atoms with E-state index in [1.807, 2.05) is 6.07 Å². The number of phosphoric acid groups is 1. The molecule has 0 saturated heterocycles. The van der Waals surface area contributed by atoms with Gasteiger partial charge in [-0.25, -0.2) is 14.2 Å². The Morgan fingerprint density at radius 2 is 1.22 bits per heavy atom. The molecule has 0 heterocycles. The van der Waals surface area contributed by atoms with Gasteiger partial charge in [-0.1, -0.05) is 71.4 Å². The number of phosphoric ester groups is 1. The lowest BCUT2D eigenvalue weighted by Gasteiger charge is -2.30. The zero-order valence-corrected chi connectivity index (χ0v) is 21.7. The summed E-state index contributed by atoms with van der Waals surface area (Å²) in [5, 5.41) is 0. The molecular weight excluding hydrogens is 497 g/mol. The SMILES string of the molecule is CC(C)(C)OC(=O)[N+](OP(=O)(O)OCCc1ccccc1)(C(=O)c1ccccc1)C(=O)c1ccccc1. The van der Waals surface area contributed by atoms with Crippen molar-refractivity contribution in [3.05, 3.63) is 108 Å². The summed E-state index contributed by atoms with van der Waals surface area (Å²) in [7, 11) is -5.19. The number of carbonyl (C=O) groups excluding carboxylic acids is 3. The third kappa shape index (κ3) is 7.29. The van der Waals surface area contributed by atoms with Crippen LogP contribution in [0.15, 0.2) is 91.0 Å². The predicted octanol–water partition coefficient (Wildman–Crippen LogP) is 5.71. The largest absolute Gasteiger partial charge is 0.567 e. The Hall–Kier alpha value is -3.46.